The molecule has 1 unspecified atom stereocenters. The highest BCUT2D eigenvalue weighted by atomic mass is 79.9. The summed E-state index contributed by atoms with van der Waals surface area (Å²) in [5.41, 5.74) is 0. The summed E-state index contributed by atoms with van der Waals surface area (Å²) in [6.45, 7) is 0.598. The van der Waals surface area contributed by atoms with Crippen molar-refractivity contribution in [3.63, 3.8) is 0 Å². The van der Waals surface area contributed by atoms with E-state index in [2.05, 4.69) is 15.9 Å². The highest BCUT2D eigenvalue weighted by Gasteiger charge is 2.19. The van der Waals surface area contributed by atoms with Crippen molar-refractivity contribution in [2.45, 2.75) is 17.7 Å². The highest BCUT2D eigenvalue weighted by Crippen LogP contribution is 2.14. The fraction of sp³-hybridized carbons (Fsp3) is 0.800. The summed E-state index contributed by atoms with van der Waals surface area (Å²) in [7, 11) is 0. The fourth-order valence-corrected chi connectivity index (χ4v) is 1.10. The Labute approximate surface area is 56.3 Å². The number of hydrogen-bond donors (Lipinski definition) is 0. The molecule has 0 saturated carbocycles. The van der Waals surface area contributed by atoms with Crippen LogP contribution < -0.4 is 0 Å². The van der Waals surface area contributed by atoms with Crippen LogP contribution in [0.5, 0.6) is 0 Å². The molecule has 1 aliphatic rings. The van der Waals surface area contributed by atoms with Crippen LogP contribution in [0.4, 0.5) is 0 Å². The molecule has 2 nitrogen and oxygen atoms in total. The molecule has 0 N–H and O–H groups in total. The van der Waals surface area contributed by atoms with Gasteiger partial charge in [-0.05, 0) is 12.8 Å². The molecule has 0 aromatic rings. The molecular formula is C5H7BrO2. The second-order valence-electron chi connectivity index (χ2n) is 1.78. The van der Waals surface area contributed by atoms with E-state index in [1.165, 1.54) is 0 Å². The van der Waals surface area contributed by atoms with Gasteiger partial charge in [-0.25, -0.2) is 0 Å². The van der Waals surface area contributed by atoms with Gasteiger partial charge in [0.1, 0.15) is 4.83 Å². The first-order valence-electron chi connectivity index (χ1n) is 2.61. The third-order valence-electron chi connectivity index (χ3n) is 1.10. The van der Waals surface area contributed by atoms with E-state index in [9.17, 15) is 4.79 Å². The van der Waals surface area contributed by atoms with E-state index in [1.807, 2.05) is 0 Å². The summed E-state index contributed by atoms with van der Waals surface area (Å²) in [5.74, 6) is -0.115. The van der Waals surface area contributed by atoms with E-state index < -0.39 is 0 Å². The van der Waals surface area contributed by atoms with Crippen LogP contribution in [-0.4, -0.2) is 17.4 Å². The SMILES string of the molecule is O=C1OCCCC1Br. The summed E-state index contributed by atoms with van der Waals surface area (Å²) < 4.78 is 4.70. The maximum atomic E-state index is 10.5. The molecule has 0 radical (unpaired) electrons. The van der Waals surface area contributed by atoms with Gasteiger partial charge in [-0.1, -0.05) is 15.9 Å². The summed E-state index contributed by atoms with van der Waals surface area (Å²) >= 11 is 3.18. The van der Waals surface area contributed by atoms with Crippen molar-refractivity contribution in [1.82, 2.24) is 0 Å². The Kier molecular flexibility index (Phi) is 1.89. The van der Waals surface area contributed by atoms with Crippen LogP contribution in [0.3, 0.4) is 0 Å². The Morgan fingerprint density at radius 2 is 2.50 bits per heavy atom. The molecule has 1 heterocycles. The Balaban J connectivity index is 2.39. The summed E-state index contributed by atoms with van der Waals surface area (Å²) in [5, 5.41) is 0. The Morgan fingerprint density at radius 3 is 2.88 bits per heavy atom. The molecule has 8 heavy (non-hydrogen) atoms. The van der Waals surface area contributed by atoms with Crippen LogP contribution in [0.25, 0.3) is 0 Å². The third-order valence-corrected chi connectivity index (χ3v) is 1.93. The minimum atomic E-state index is -0.115. The van der Waals surface area contributed by atoms with Gasteiger partial charge >= 0.3 is 5.97 Å². The smallest absolute Gasteiger partial charge is 0.319 e. The van der Waals surface area contributed by atoms with Gasteiger partial charge in [-0.2, -0.15) is 0 Å². The lowest BCUT2D eigenvalue weighted by Gasteiger charge is -2.14. The minimum absolute atomic E-state index is 0.0451. The first kappa shape index (κ1) is 6.08. The van der Waals surface area contributed by atoms with E-state index in [0.717, 1.165) is 12.8 Å². The largest absolute Gasteiger partial charge is 0.465 e. The molecule has 0 amide bonds. The second-order valence-corrected chi connectivity index (χ2v) is 2.88. The van der Waals surface area contributed by atoms with Crippen molar-refractivity contribution >= 4 is 21.9 Å². The molecule has 46 valence electrons. The van der Waals surface area contributed by atoms with Crippen molar-refractivity contribution < 1.29 is 9.53 Å². The first-order chi connectivity index (χ1) is 3.80. The van der Waals surface area contributed by atoms with E-state index in [4.69, 9.17) is 4.74 Å². The fourth-order valence-electron chi connectivity index (χ4n) is 0.644. The van der Waals surface area contributed by atoms with Crippen LogP contribution in [0.15, 0.2) is 0 Å². The molecule has 1 fully saturated rings. The summed E-state index contributed by atoms with van der Waals surface area (Å²) in [6.07, 6.45) is 1.90. The molecule has 0 aromatic heterocycles. The quantitative estimate of drug-likeness (QED) is 0.411. The number of esters is 1. The van der Waals surface area contributed by atoms with Gasteiger partial charge in [-0.15, -0.1) is 0 Å². The molecule has 0 aliphatic carbocycles. The Bertz CT molecular complexity index is 103. The van der Waals surface area contributed by atoms with Gasteiger partial charge in [0, 0.05) is 0 Å². The predicted octanol–water partition coefficient (Wildman–Crippen LogP) is 1.09. The Hall–Kier alpha value is -0.0500. The van der Waals surface area contributed by atoms with Crippen LogP contribution in [0.2, 0.25) is 0 Å². The zero-order chi connectivity index (χ0) is 5.98. The van der Waals surface area contributed by atoms with Crippen molar-refractivity contribution in [3.05, 3.63) is 0 Å². The lowest BCUT2D eigenvalue weighted by Crippen LogP contribution is -2.23. The molecule has 1 atom stereocenters. The van der Waals surface area contributed by atoms with Crippen molar-refractivity contribution in [2.75, 3.05) is 6.61 Å². The second kappa shape index (κ2) is 2.49. The van der Waals surface area contributed by atoms with Gasteiger partial charge in [0.25, 0.3) is 0 Å². The van der Waals surface area contributed by atoms with Crippen LogP contribution >= 0.6 is 15.9 Å². The van der Waals surface area contributed by atoms with E-state index in [1.54, 1.807) is 0 Å². The maximum absolute atomic E-state index is 10.5. The third kappa shape index (κ3) is 1.22. The highest BCUT2D eigenvalue weighted by molar-refractivity contribution is 9.10. The van der Waals surface area contributed by atoms with Crippen LogP contribution in [-0.2, 0) is 9.53 Å². The molecule has 1 aliphatic heterocycles. The molecule has 0 aromatic carbocycles. The molecular weight excluding hydrogens is 172 g/mol. The van der Waals surface area contributed by atoms with Crippen molar-refractivity contribution in [1.29, 1.82) is 0 Å². The van der Waals surface area contributed by atoms with E-state index in [-0.39, 0.29) is 10.8 Å². The molecule has 0 bridgehead atoms. The van der Waals surface area contributed by atoms with Gasteiger partial charge < -0.3 is 4.74 Å². The molecule has 0 spiro atoms. The number of alkyl halides is 1. The zero-order valence-corrected chi connectivity index (χ0v) is 5.98. The van der Waals surface area contributed by atoms with Gasteiger partial charge in [0.2, 0.25) is 0 Å². The lowest BCUT2D eigenvalue weighted by molar-refractivity contribution is -0.145. The van der Waals surface area contributed by atoms with Crippen molar-refractivity contribution in [3.8, 4) is 0 Å². The number of ether oxygens (including phenoxy) is 1. The van der Waals surface area contributed by atoms with Crippen LogP contribution in [0, 0.1) is 0 Å². The normalized spacial score (nSPS) is 29.6. The average Bonchev–Trinajstić information content (AvgIpc) is 1.77. The topological polar surface area (TPSA) is 26.3 Å². The first-order valence-corrected chi connectivity index (χ1v) is 3.53. The number of halogens is 1. The minimum Gasteiger partial charge on any atom is -0.465 e. The number of carbonyl (C=O) groups excluding carboxylic acids is 1. The van der Waals surface area contributed by atoms with Crippen molar-refractivity contribution in [2.24, 2.45) is 0 Å². The van der Waals surface area contributed by atoms with E-state index >= 15 is 0 Å². The average molecular weight is 179 g/mol. The lowest BCUT2D eigenvalue weighted by atomic mass is 10.2. The Morgan fingerprint density at radius 1 is 1.75 bits per heavy atom. The molecule has 1 rings (SSSR count). The predicted molar refractivity (Wildman–Crippen MR) is 32.9 cm³/mol. The standard InChI is InChI=1S/C5H7BrO2/c6-4-2-1-3-8-5(4)7/h4H,1-3H2. The molecule has 1 saturated heterocycles. The summed E-state index contributed by atoms with van der Waals surface area (Å²) in [4.78, 5) is 10.5. The van der Waals surface area contributed by atoms with E-state index in [0.29, 0.717) is 6.61 Å². The molecule has 3 heteroatoms. The maximum Gasteiger partial charge on any atom is 0.319 e. The van der Waals surface area contributed by atoms with Gasteiger partial charge in [0.15, 0.2) is 0 Å². The van der Waals surface area contributed by atoms with Gasteiger partial charge in [-0.3, -0.25) is 4.79 Å². The monoisotopic (exact) mass is 178 g/mol. The number of rotatable bonds is 0. The van der Waals surface area contributed by atoms with Crippen LogP contribution in [0.1, 0.15) is 12.8 Å². The number of carbonyl (C=O) groups is 1. The summed E-state index contributed by atoms with van der Waals surface area (Å²) in [6, 6.07) is 0. The number of hydrogen-bond acceptors (Lipinski definition) is 2. The van der Waals surface area contributed by atoms with Gasteiger partial charge in [0.05, 0.1) is 6.61 Å². The number of cyclic esters (lactones) is 1. The zero-order valence-electron chi connectivity index (χ0n) is 4.39.